The summed E-state index contributed by atoms with van der Waals surface area (Å²) >= 11 is 0. The number of amidine groups is 1. The molecule has 1 aromatic carbocycles. The second-order valence-corrected chi connectivity index (χ2v) is 4.52. The number of methoxy groups -OCH3 is 2. The van der Waals surface area contributed by atoms with E-state index in [4.69, 9.17) is 20.4 Å². The van der Waals surface area contributed by atoms with E-state index in [1.54, 1.807) is 14.2 Å². The van der Waals surface area contributed by atoms with E-state index < -0.39 is 0 Å². The first kappa shape index (κ1) is 16.3. The van der Waals surface area contributed by atoms with E-state index in [0.29, 0.717) is 18.8 Å². The molecule has 0 saturated carbocycles. The van der Waals surface area contributed by atoms with Crippen LogP contribution in [0.15, 0.2) is 29.4 Å². The Balaban J connectivity index is 2.89. The second kappa shape index (κ2) is 8.39. The maximum atomic E-state index is 8.66. The molecule has 112 valence electrons. The smallest absolute Gasteiger partial charge is 0.170 e. The summed E-state index contributed by atoms with van der Waals surface area (Å²) in [5, 5.41) is 11.6. The molecule has 0 amide bonds. The van der Waals surface area contributed by atoms with Crippen molar-refractivity contribution >= 4 is 11.5 Å². The molecule has 0 aliphatic heterocycles. The van der Waals surface area contributed by atoms with E-state index in [2.05, 4.69) is 17.0 Å². The molecule has 1 aromatic rings. The number of benzene rings is 1. The number of nitrogens with zero attached hydrogens (tertiary/aromatic N) is 2. The van der Waals surface area contributed by atoms with Gasteiger partial charge in [0, 0.05) is 38.1 Å². The zero-order chi connectivity index (χ0) is 15.0. The summed E-state index contributed by atoms with van der Waals surface area (Å²) in [6, 6.07) is 7.75. The van der Waals surface area contributed by atoms with Gasteiger partial charge >= 0.3 is 0 Å². The van der Waals surface area contributed by atoms with Crippen LogP contribution in [0.2, 0.25) is 0 Å². The summed E-state index contributed by atoms with van der Waals surface area (Å²) in [5.41, 5.74) is 7.28. The standard InChI is InChI=1S/C14H23N3O3/c1-11(10-20-3)17(8-9-19-2)13-6-4-12(5-7-13)14(15)16-18/h4-7,11,18H,8-10H2,1-3H3,(H2,15,16). The Morgan fingerprint density at radius 3 is 2.45 bits per heavy atom. The summed E-state index contributed by atoms with van der Waals surface area (Å²) in [5.74, 6) is 0.102. The molecule has 1 rings (SSSR count). The van der Waals surface area contributed by atoms with Crippen molar-refractivity contribution in [3.63, 3.8) is 0 Å². The molecular formula is C14H23N3O3. The zero-order valence-electron chi connectivity index (χ0n) is 12.2. The summed E-state index contributed by atoms with van der Waals surface area (Å²) in [6.07, 6.45) is 0. The molecule has 0 fully saturated rings. The molecule has 0 radical (unpaired) electrons. The average molecular weight is 281 g/mol. The normalized spacial score (nSPS) is 13.2. The van der Waals surface area contributed by atoms with Gasteiger partial charge < -0.3 is 25.3 Å². The molecule has 0 saturated heterocycles. The van der Waals surface area contributed by atoms with Crippen molar-refractivity contribution in [3.05, 3.63) is 29.8 Å². The van der Waals surface area contributed by atoms with Crippen LogP contribution in [0.4, 0.5) is 5.69 Å². The third kappa shape index (κ3) is 4.40. The number of nitrogens with two attached hydrogens (primary N) is 1. The summed E-state index contributed by atoms with van der Waals surface area (Å²) < 4.78 is 10.4. The van der Waals surface area contributed by atoms with Gasteiger partial charge in [-0.05, 0) is 31.2 Å². The topological polar surface area (TPSA) is 80.3 Å². The fraction of sp³-hybridized carbons (Fsp3) is 0.500. The van der Waals surface area contributed by atoms with Gasteiger partial charge in [-0.25, -0.2) is 0 Å². The van der Waals surface area contributed by atoms with Crippen LogP contribution in [0.3, 0.4) is 0 Å². The lowest BCUT2D eigenvalue weighted by Crippen LogP contribution is -2.38. The monoisotopic (exact) mass is 281 g/mol. The predicted octanol–water partition coefficient (Wildman–Crippen LogP) is 1.27. The number of hydrogen-bond donors (Lipinski definition) is 2. The fourth-order valence-electron chi connectivity index (χ4n) is 2.01. The first-order valence-electron chi connectivity index (χ1n) is 6.46. The van der Waals surface area contributed by atoms with Crippen LogP contribution in [0.5, 0.6) is 0 Å². The van der Waals surface area contributed by atoms with Gasteiger partial charge in [0.1, 0.15) is 0 Å². The molecule has 1 unspecified atom stereocenters. The number of rotatable bonds is 8. The van der Waals surface area contributed by atoms with Crippen LogP contribution in [0.1, 0.15) is 12.5 Å². The molecule has 3 N–H and O–H groups in total. The minimum absolute atomic E-state index is 0.102. The maximum absolute atomic E-state index is 8.66. The van der Waals surface area contributed by atoms with Crippen LogP contribution in [0, 0.1) is 0 Å². The lowest BCUT2D eigenvalue weighted by molar-refractivity contribution is 0.171. The zero-order valence-corrected chi connectivity index (χ0v) is 12.2. The Labute approximate surface area is 119 Å². The van der Waals surface area contributed by atoms with E-state index in [1.807, 2.05) is 24.3 Å². The van der Waals surface area contributed by atoms with Crippen molar-refractivity contribution in [2.45, 2.75) is 13.0 Å². The molecule has 6 heteroatoms. The van der Waals surface area contributed by atoms with Gasteiger partial charge in [-0.15, -0.1) is 0 Å². The van der Waals surface area contributed by atoms with Crippen molar-refractivity contribution in [1.29, 1.82) is 0 Å². The number of anilines is 1. The minimum atomic E-state index is 0.102. The molecule has 0 heterocycles. The van der Waals surface area contributed by atoms with Crippen LogP contribution in [-0.4, -0.2) is 51.1 Å². The molecule has 0 aliphatic carbocycles. The molecule has 0 spiro atoms. The van der Waals surface area contributed by atoms with E-state index in [1.165, 1.54) is 0 Å². The van der Waals surface area contributed by atoms with Crippen LogP contribution >= 0.6 is 0 Å². The van der Waals surface area contributed by atoms with Crippen LogP contribution in [0.25, 0.3) is 0 Å². The molecule has 1 atom stereocenters. The molecule has 20 heavy (non-hydrogen) atoms. The first-order chi connectivity index (χ1) is 9.63. The van der Waals surface area contributed by atoms with Gasteiger partial charge in [-0.3, -0.25) is 0 Å². The Hall–Kier alpha value is -1.79. The Kier molecular flexibility index (Phi) is 6.83. The number of oxime groups is 1. The minimum Gasteiger partial charge on any atom is -0.409 e. The van der Waals surface area contributed by atoms with Gasteiger partial charge in [-0.1, -0.05) is 5.16 Å². The Bertz CT molecular complexity index is 420. The third-order valence-electron chi connectivity index (χ3n) is 3.08. The van der Waals surface area contributed by atoms with Gasteiger partial charge in [0.25, 0.3) is 0 Å². The average Bonchev–Trinajstić information content (AvgIpc) is 2.48. The highest BCUT2D eigenvalue weighted by molar-refractivity contribution is 5.97. The second-order valence-electron chi connectivity index (χ2n) is 4.52. The quantitative estimate of drug-likeness (QED) is 0.324. The third-order valence-corrected chi connectivity index (χ3v) is 3.08. The van der Waals surface area contributed by atoms with Crippen molar-refractivity contribution in [2.24, 2.45) is 10.9 Å². The van der Waals surface area contributed by atoms with E-state index >= 15 is 0 Å². The largest absolute Gasteiger partial charge is 0.409 e. The van der Waals surface area contributed by atoms with Crippen molar-refractivity contribution in [3.8, 4) is 0 Å². The van der Waals surface area contributed by atoms with Crippen LogP contribution < -0.4 is 10.6 Å². The van der Waals surface area contributed by atoms with Crippen LogP contribution in [-0.2, 0) is 9.47 Å². The molecule has 0 bridgehead atoms. The predicted molar refractivity (Wildman–Crippen MR) is 79.5 cm³/mol. The molecular weight excluding hydrogens is 258 g/mol. The first-order valence-corrected chi connectivity index (χ1v) is 6.46. The molecule has 6 nitrogen and oxygen atoms in total. The van der Waals surface area contributed by atoms with Crippen molar-refractivity contribution in [2.75, 3.05) is 38.9 Å². The lowest BCUT2D eigenvalue weighted by Gasteiger charge is -2.31. The summed E-state index contributed by atoms with van der Waals surface area (Å²) in [4.78, 5) is 2.20. The SMILES string of the molecule is COCCN(c1ccc(C(N)=NO)cc1)C(C)COC. The fourth-order valence-corrected chi connectivity index (χ4v) is 2.01. The van der Waals surface area contributed by atoms with Crippen molar-refractivity contribution < 1.29 is 14.7 Å². The van der Waals surface area contributed by atoms with Gasteiger partial charge in [0.2, 0.25) is 0 Å². The number of ether oxygens (including phenoxy) is 2. The van der Waals surface area contributed by atoms with E-state index in [9.17, 15) is 0 Å². The highest BCUT2D eigenvalue weighted by atomic mass is 16.5. The lowest BCUT2D eigenvalue weighted by atomic mass is 10.1. The van der Waals surface area contributed by atoms with Crippen molar-refractivity contribution in [1.82, 2.24) is 0 Å². The maximum Gasteiger partial charge on any atom is 0.170 e. The summed E-state index contributed by atoms with van der Waals surface area (Å²) in [7, 11) is 3.37. The highest BCUT2D eigenvalue weighted by Crippen LogP contribution is 2.18. The van der Waals surface area contributed by atoms with Gasteiger partial charge in [0.15, 0.2) is 5.84 Å². The van der Waals surface area contributed by atoms with Gasteiger partial charge in [-0.2, -0.15) is 0 Å². The summed E-state index contributed by atoms with van der Waals surface area (Å²) in [6.45, 7) is 4.13. The molecule has 0 aromatic heterocycles. The number of hydrogen-bond acceptors (Lipinski definition) is 5. The van der Waals surface area contributed by atoms with E-state index in [-0.39, 0.29) is 11.9 Å². The highest BCUT2D eigenvalue weighted by Gasteiger charge is 2.14. The molecule has 0 aliphatic rings. The van der Waals surface area contributed by atoms with Gasteiger partial charge in [0.05, 0.1) is 13.2 Å². The Morgan fingerprint density at radius 1 is 1.30 bits per heavy atom. The Morgan fingerprint density at radius 2 is 1.95 bits per heavy atom. The van der Waals surface area contributed by atoms with E-state index in [0.717, 1.165) is 12.2 Å².